The molecule has 0 aromatic heterocycles. The molecular formula is C27H33N3O6S. The molecule has 0 saturated carbocycles. The van der Waals surface area contributed by atoms with Crippen molar-refractivity contribution < 1.29 is 29.0 Å². The van der Waals surface area contributed by atoms with Gasteiger partial charge in [-0.25, -0.2) is 4.79 Å². The Balaban J connectivity index is 2.48. The third-order valence-electron chi connectivity index (χ3n) is 5.12. The summed E-state index contributed by atoms with van der Waals surface area (Å²) in [7, 11) is 1.53. The molecule has 0 heterocycles. The second kappa shape index (κ2) is 13.6. The van der Waals surface area contributed by atoms with Crippen molar-refractivity contribution in [3.05, 3.63) is 59.7 Å². The summed E-state index contributed by atoms with van der Waals surface area (Å²) >= 11 is 4.22. The van der Waals surface area contributed by atoms with E-state index in [-0.39, 0.29) is 12.3 Å². The first kappa shape index (κ1) is 29.5. The van der Waals surface area contributed by atoms with Crippen LogP contribution in [0.3, 0.4) is 0 Å². The van der Waals surface area contributed by atoms with E-state index in [0.717, 1.165) is 0 Å². The summed E-state index contributed by atoms with van der Waals surface area (Å²) in [5, 5.41) is 15.1. The molecule has 0 saturated heterocycles. The number of anilines is 1. The number of thiol groups is 1. The van der Waals surface area contributed by atoms with Crippen LogP contribution in [-0.2, 0) is 14.3 Å². The Morgan fingerprint density at radius 1 is 1.14 bits per heavy atom. The fourth-order valence-electron chi connectivity index (χ4n) is 3.51. The van der Waals surface area contributed by atoms with Crippen molar-refractivity contribution in [2.24, 2.45) is 0 Å². The zero-order valence-corrected chi connectivity index (χ0v) is 22.2. The van der Waals surface area contributed by atoms with Crippen LogP contribution in [0.5, 0.6) is 5.75 Å². The van der Waals surface area contributed by atoms with E-state index in [9.17, 15) is 19.5 Å². The number of hydrogen-bond donors (Lipinski definition) is 4. The highest BCUT2D eigenvalue weighted by Crippen LogP contribution is 2.27. The Hall–Kier alpha value is -3.68. The van der Waals surface area contributed by atoms with Gasteiger partial charge in [-0.15, -0.1) is 6.42 Å². The Bertz CT molecular complexity index is 1120. The maximum Gasteiger partial charge on any atom is 0.408 e. The van der Waals surface area contributed by atoms with Crippen LogP contribution >= 0.6 is 12.6 Å². The molecular weight excluding hydrogens is 494 g/mol. The number of aliphatic hydroxyl groups is 1. The van der Waals surface area contributed by atoms with Gasteiger partial charge < -0.3 is 30.1 Å². The summed E-state index contributed by atoms with van der Waals surface area (Å²) in [6.45, 7) is 4.43. The molecule has 10 heteroatoms. The molecule has 2 aromatic carbocycles. The van der Waals surface area contributed by atoms with Gasteiger partial charge >= 0.3 is 6.09 Å². The Kier molecular flexibility index (Phi) is 10.8. The summed E-state index contributed by atoms with van der Waals surface area (Å²) in [5.74, 6) is 1.86. The van der Waals surface area contributed by atoms with Crippen molar-refractivity contribution in [2.75, 3.05) is 31.3 Å². The minimum atomic E-state index is -1.23. The lowest BCUT2D eigenvalue weighted by Crippen LogP contribution is -2.54. The average molecular weight is 528 g/mol. The number of carbonyl (C=O) groups is 3. The third-order valence-corrected chi connectivity index (χ3v) is 5.49. The molecule has 9 nitrogen and oxygen atoms in total. The van der Waals surface area contributed by atoms with E-state index in [1.54, 1.807) is 69.3 Å². The van der Waals surface area contributed by atoms with Crippen LogP contribution in [0, 0.1) is 12.3 Å². The number of amides is 3. The van der Waals surface area contributed by atoms with Gasteiger partial charge in [-0.1, -0.05) is 24.1 Å². The second-order valence-electron chi connectivity index (χ2n) is 8.99. The van der Waals surface area contributed by atoms with Gasteiger partial charge in [0.05, 0.1) is 13.7 Å². The number of ether oxygens (including phenoxy) is 2. The van der Waals surface area contributed by atoms with Crippen molar-refractivity contribution in [1.29, 1.82) is 0 Å². The molecule has 0 fully saturated rings. The first-order chi connectivity index (χ1) is 17.5. The standard InChI is InChI=1S/C27H33N3O6S/c1-6-18-9-7-8-10-21(18)23(24(32)28-19-11-13-20(35-5)14-12-19)30(15-16-31)25(33)22(17-37)29-26(34)36-27(2,3)4/h1,7-14,22-23,31,37H,15-17H2,2-5H3,(H,28,32)(H,29,34). The van der Waals surface area contributed by atoms with E-state index in [1.165, 1.54) is 12.0 Å². The number of benzene rings is 2. The average Bonchev–Trinajstić information content (AvgIpc) is 2.86. The van der Waals surface area contributed by atoms with Gasteiger partial charge in [-0.2, -0.15) is 12.6 Å². The maximum atomic E-state index is 13.7. The van der Waals surface area contributed by atoms with Crippen LogP contribution in [-0.4, -0.2) is 65.6 Å². The van der Waals surface area contributed by atoms with E-state index in [1.807, 2.05) is 0 Å². The first-order valence-corrected chi connectivity index (χ1v) is 12.2. The molecule has 198 valence electrons. The lowest BCUT2D eigenvalue weighted by Gasteiger charge is -2.34. The molecule has 2 aromatic rings. The van der Waals surface area contributed by atoms with Crippen LogP contribution in [0.15, 0.2) is 48.5 Å². The predicted molar refractivity (Wildman–Crippen MR) is 145 cm³/mol. The van der Waals surface area contributed by atoms with Gasteiger partial charge in [0.25, 0.3) is 5.91 Å². The summed E-state index contributed by atoms with van der Waals surface area (Å²) in [4.78, 5) is 40.9. The van der Waals surface area contributed by atoms with Crippen molar-refractivity contribution in [3.63, 3.8) is 0 Å². The van der Waals surface area contributed by atoms with E-state index < -0.39 is 42.2 Å². The SMILES string of the molecule is C#Cc1ccccc1C(C(=O)Nc1ccc(OC)cc1)N(CCO)C(=O)C(CS)NC(=O)OC(C)(C)C. The van der Waals surface area contributed by atoms with Gasteiger partial charge in [-0.05, 0) is 56.7 Å². The number of nitrogens with one attached hydrogen (secondary N) is 2. The molecule has 0 spiro atoms. The van der Waals surface area contributed by atoms with Crippen molar-refractivity contribution >= 4 is 36.2 Å². The van der Waals surface area contributed by atoms with Crippen molar-refractivity contribution in [1.82, 2.24) is 10.2 Å². The van der Waals surface area contributed by atoms with Crippen LogP contribution in [0.2, 0.25) is 0 Å². The summed E-state index contributed by atoms with van der Waals surface area (Å²) < 4.78 is 10.4. The fourth-order valence-corrected chi connectivity index (χ4v) is 3.76. The minimum absolute atomic E-state index is 0.0798. The van der Waals surface area contributed by atoms with E-state index >= 15 is 0 Å². The molecule has 2 atom stereocenters. The topological polar surface area (TPSA) is 117 Å². The number of methoxy groups -OCH3 is 1. The van der Waals surface area contributed by atoms with E-state index in [0.29, 0.717) is 22.6 Å². The van der Waals surface area contributed by atoms with Gasteiger partial charge in [0.15, 0.2) is 0 Å². The first-order valence-electron chi connectivity index (χ1n) is 11.6. The second-order valence-corrected chi connectivity index (χ2v) is 9.35. The highest BCUT2D eigenvalue weighted by Gasteiger charge is 2.36. The van der Waals surface area contributed by atoms with E-state index in [2.05, 4.69) is 29.2 Å². The molecule has 3 amide bonds. The molecule has 0 aliphatic rings. The molecule has 0 bridgehead atoms. The summed E-state index contributed by atoms with van der Waals surface area (Å²) in [5.41, 5.74) is 0.456. The van der Waals surface area contributed by atoms with Gasteiger partial charge in [-0.3, -0.25) is 9.59 Å². The van der Waals surface area contributed by atoms with Crippen molar-refractivity contribution in [3.8, 4) is 18.1 Å². The highest BCUT2D eigenvalue weighted by molar-refractivity contribution is 7.80. The fraction of sp³-hybridized carbons (Fsp3) is 0.370. The molecule has 3 N–H and O–H groups in total. The molecule has 0 aliphatic heterocycles. The van der Waals surface area contributed by atoms with Crippen LogP contribution < -0.4 is 15.4 Å². The lowest BCUT2D eigenvalue weighted by molar-refractivity contribution is -0.140. The maximum absolute atomic E-state index is 13.7. The quantitative estimate of drug-likeness (QED) is 0.279. The number of terminal acetylenes is 1. The largest absolute Gasteiger partial charge is 0.497 e. The Morgan fingerprint density at radius 3 is 2.32 bits per heavy atom. The Labute approximate surface area is 222 Å². The number of aliphatic hydroxyl groups excluding tert-OH is 1. The number of hydrogen-bond acceptors (Lipinski definition) is 7. The van der Waals surface area contributed by atoms with Crippen molar-refractivity contribution in [2.45, 2.75) is 38.5 Å². The van der Waals surface area contributed by atoms with Crippen LogP contribution in [0.25, 0.3) is 0 Å². The monoisotopic (exact) mass is 527 g/mol. The number of alkyl carbamates (subject to hydrolysis) is 1. The molecule has 2 rings (SSSR count). The minimum Gasteiger partial charge on any atom is -0.497 e. The molecule has 0 aliphatic carbocycles. The van der Waals surface area contributed by atoms with E-state index in [4.69, 9.17) is 15.9 Å². The highest BCUT2D eigenvalue weighted by atomic mass is 32.1. The Morgan fingerprint density at radius 2 is 1.78 bits per heavy atom. The molecule has 2 unspecified atom stereocenters. The number of nitrogens with zero attached hydrogens (tertiary/aromatic N) is 1. The summed E-state index contributed by atoms with van der Waals surface area (Å²) in [6, 6.07) is 11.0. The number of carbonyl (C=O) groups excluding carboxylic acids is 3. The van der Waals surface area contributed by atoms with Gasteiger partial charge in [0.2, 0.25) is 5.91 Å². The van der Waals surface area contributed by atoms with Gasteiger partial charge in [0, 0.05) is 23.5 Å². The zero-order chi connectivity index (χ0) is 27.6. The predicted octanol–water partition coefficient (Wildman–Crippen LogP) is 3.00. The van der Waals surface area contributed by atoms with Crippen LogP contribution in [0.1, 0.15) is 37.9 Å². The third kappa shape index (κ3) is 8.44. The smallest absolute Gasteiger partial charge is 0.408 e. The lowest BCUT2D eigenvalue weighted by atomic mass is 9.97. The van der Waals surface area contributed by atoms with Gasteiger partial charge in [0.1, 0.15) is 23.4 Å². The summed E-state index contributed by atoms with van der Waals surface area (Å²) in [6.07, 6.45) is 4.89. The molecule has 37 heavy (non-hydrogen) atoms. The zero-order valence-electron chi connectivity index (χ0n) is 21.4. The molecule has 0 radical (unpaired) electrons. The number of rotatable bonds is 10. The van der Waals surface area contributed by atoms with Crippen LogP contribution in [0.4, 0.5) is 10.5 Å². The normalized spacial score (nSPS) is 12.5.